The van der Waals surface area contributed by atoms with Crippen molar-refractivity contribution in [3.8, 4) is 0 Å². The molecular weight excluding hydrogens is 206 g/mol. The first-order chi connectivity index (χ1) is 7.79. The van der Waals surface area contributed by atoms with Crippen molar-refractivity contribution < 1.29 is 5.11 Å². The predicted molar refractivity (Wildman–Crippen MR) is 61.5 cm³/mol. The van der Waals surface area contributed by atoms with Crippen LogP contribution in [0.4, 0.5) is 5.82 Å². The average Bonchev–Trinajstić information content (AvgIpc) is 2.30. The van der Waals surface area contributed by atoms with Crippen molar-refractivity contribution in [2.75, 3.05) is 24.6 Å². The summed E-state index contributed by atoms with van der Waals surface area (Å²) in [5.41, 5.74) is -0.116. The van der Waals surface area contributed by atoms with E-state index in [1.54, 1.807) is 0 Å². The molecule has 0 aromatic carbocycles. The number of aliphatic hydroxyl groups is 1. The number of rotatable bonds is 3. The Bertz CT molecular complexity index is 389. The highest BCUT2D eigenvalue weighted by Crippen LogP contribution is 2.22. The van der Waals surface area contributed by atoms with Crippen LogP contribution < -0.4 is 10.5 Å². The van der Waals surface area contributed by atoms with Crippen LogP contribution in [-0.2, 0) is 0 Å². The van der Waals surface area contributed by atoms with Gasteiger partial charge in [0.1, 0.15) is 5.82 Å². The molecule has 0 saturated carbocycles. The summed E-state index contributed by atoms with van der Waals surface area (Å²) in [5.74, 6) is 1.26. The van der Waals surface area contributed by atoms with Gasteiger partial charge in [0.05, 0.1) is 6.33 Å². The van der Waals surface area contributed by atoms with Crippen LogP contribution in [0.1, 0.15) is 19.3 Å². The SMILES string of the molecule is O=c1cc(N2CCCC(CCO)C2)nc[nH]1. The lowest BCUT2D eigenvalue weighted by atomic mass is 9.95. The van der Waals surface area contributed by atoms with E-state index < -0.39 is 0 Å². The minimum Gasteiger partial charge on any atom is -0.396 e. The Morgan fingerprint density at radius 3 is 3.25 bits per heavy atom. The van der Waals surface area contributed by atoms with Crippen LogP contribution in [0.2, 0.25) is 0 Å². The van der Waals surface area contributed by atoms with Gasteiger partial charge >= 0.3 is 0 Å². The Hall–Kier alpha value is -1.36. The molecule has 2 rings (SSSR count). The molecule has 2 N–H and O–H groups in total. The Morgan fingerprint density at radius 2 is 2.50 bits per heavy atom. The number of piperidine rings is 1. The summed E-state index contributed by atoms with van der Waals surface area (Å²) in [6.07, 6.45) is 4.52. The van der Waals surface area contributed by atoms with E-state index in [1.165, 1.54) is 12.4 Å². The van der Waals surface area contributed by atoms with E-state index in [-0.39, 0.29) is 12.2 Å². The number of hydrogen-bond acceptors (Lipinski definition) is 4. The van der Waals surface area contributed by atoms with Crippen molar-refractivity contribution in [1.29, 1.82) is 0 Å². The zero-order valence-electron chi connectivity index (χ0n) is 9.22. The third-order valence-electron chi connectivity index (χ3n) is 3.04. The van der Waals surface area contributed by atoms with Gasteiger partial charge < -0.3 is 15.0 Å². The minimum absolute atomic E-state index is 0.116. The number of nitrogens with zero attached hydrogens (tertiary/aromatic N) is 2. The monoisotopic (exact) mass is 223 g/mol. The normalized spacial score (nSPS) is 21.1. The Morgan fingerprint density at radius 1 is 1.62 bits per heavy atom. The van der Waals surface area contributed by atoms with Crippen LogP contribution in [0.15, 0.2) is 17.2 Å². The second-order valence-corrected chi connectivity index (χ2v) is 4.24. The average molecular weight is 223 g/mol. The summed E-state index contributed by atoms with van der Waals surface area (Å²) in [7, 11) is 0. The van der Waals surface area contributed by atoms with Gasteiger partial charge in [0, 0.05) is 25.8 Å². The molecule has 88 valence electrons. The minimum atomic E-state index is -0.116. The fourth-order valence-electron chi connectivity index (χ4n) is 2.22. The summed E-state index contributed by atoms with van der Waals surface area (Å²) in [5, 5.41) is 8.93. The van der Waals surface area contributed by atoms with Crippen molar-refractivity contribution >= 4 is 5.82 Å². The molecule has 1 aliphatic rings. The number of H-pyrrole nitrogens is 1. The van der Waals surface area contributed by atoms with Crippen LogP contribution in [0.3, 0.4) is 0 Å². The summed E-state index contributed by atoms with van der Waals surface area (Å²) >= 11 is 0. The molecule has 1 fully saturated rings. The maximum Gasteiger partial charge on any atom is 0.252 e. The highest BCUT2D eigenvalue weighted by Gasteiger charge is 2.20. The van der Waals surface area contributed by atoms with Crippen molar-refractivity contribution in [2.45, 2.75) is 19.3 Å². The van der Waals surface area contributed by atoms with E-state index in [2.05, 4.69) is 14.9 Å². The maximum absolute atomic E-state index is 11.2. The van der Waals surface area contributed by atoms with Crippen LogP contribution in [0, 0.1) is 5.92 Å². The molecular formula is C11H17N3O2. The standard InChI is InChI=1S/C11H17N3O2/c15-5-3-9-2-1-4-14(7-9)10-6-11(16)13-8-12-10/h6,8-9,15H,1-5,7H2,(H,12,13,16). The molecule has 0 aliphatic carbocycles. The molecule has 5 nitrogen and oxygen atoms in total. The third-order valence-corrected chi connectivity index (χ3v) is 3.04. The van der Waals surface area contributed by atoms with Gasteiger partial charge in [-0.15, -0.1) is 0 Å². The van der Waals surface area contributed by atoms with Gasteiger partial charge in [-0.3, -0.25) is 4.79 Å². The first-order valence-corrected chi connectivity index (χ1v) is 5.70. The van der Waals surface area contributed by atoms with Crippen LogP contribution in [0.5, 0.6) is 0 Å². The number of hydrogen-bond donors (Lipinski definition) is 2. The van der Waals surface area contributed by atoms with Crippen molar-refractivity contribution in [3.05, 3.63) is 22.7 Å². The summed E-state index contributed by atoms with van der Waals surface area (Å²) in [6.45, 7) is 2.07. The Labute approximate surface area is 94.1 Å². The quantitative estimate of drug-likeness (QED) is 0.776. The largest absolute Gasteiger partial charge is 0.396 e. The van der Waals surface area contributed by atoms with Crippen LogP contribution in [-0.4, -0.2) is 34.8 Å². The van der Waals surface area contributed by atoms with Crippen LogP contribution >= 0.6 is 0 Å². The molecule has 1 aliphatic heterocycles. The highest BCUT2D eigenvalue weighted by atomic mass is 16.3. The van der Waals surface area contributed by atoms with Gasteiger partial charge in [0.2, 0.25) is 0 Å². The molecule has 1 aromatic heterocycles. The summed E-state index contributed by atoms with van der Waals surface area (Å²) in [4.78, 5) is 20.0. The third kappa shape index (κ3) is 2.61. The molecule has 0 amide bonds. The molecule has 0 spiro atoms. The molecule has 1 aromatic rings. The fraction of sp³-hybridized carbons (Fsp3) is 0.636. The van der Waals surface area contributed by atoms with Gasteiger partial charge in [0.25, 0.3) is 5.56 Å². The molecule has 5 heteroatoms. The number of aromatic nitrogens is 2. The van der Waals surface area contributed by atoms with E-state index >= 15 is 0 Å². The summed E-state index contributed by atoms with van der Waals surface area (Å²) in [6, 6.07) is 1.53. The van der Waals surface area contributed by atoms with Gasteiger partial charge in [0.15, 0.2) is 0 Å². The second kappa shape index (κ2) is 5.12. The number of aromatic amines is 1. The Kier molecular flexibility index (Phi) is 3.56. The van der Waals surface area contributed by atoms with Crippen molar-refractivity contribution in [3.63, 3.8) is 0 Å². The van der Waals surface area contributed by atoms with Gasteiger partial charge in [-0.05, 0) is 25.2 Å². The van der Waals surface area contributed by atoms with E-state index in [1.807, 2.05) is 0 Å². The second-order valence-electron chi connectivity index (χ2n) is 4.24. The number of nitrogens with one attached hydrogen (secondary N) is 1. The lowest BCUT2D eigenvalue weighted by Gasteiger charge is -2.33. The fourth-order valence-corrected chi connectivity index (χ4v) is 2.22. The molecule has 0 bridgehead atoms. The molecule has 2 heterocycles. The lowest BCUT2D eigenvalue weighted by molar-refractivity contribution is 0.244. The molecule has 16 heavy (non-hydrogen) atoms. The molecule has 1 unspecified atom stereocenters. The maximum atomic E-state index is 11.2. The highest BCUT2D eigenvalue weighted by molar-refractivity contribution is 5.36. The van der Waals surface area contributed by atoms with Gasteiger partial charge in [-0.1, -0.05) is 0 Å². The van der Waals surface area contributed by atoms with Gasteiger partial charge in [-0.25, -0.2) is 4.98 Å². The number of anilines is 1. The van der Waals surface area contributed by atoms with Gasteiger partial charge in [-0.2, -0.15) is 0 Å². The van der Waals surface area contributed by atoms with E-state index in [9.17, 15) is 4.79 Å². The smallest absolute Gasteiger partial charge is 0.252 e. The zero-order valence-corrected chi connectivity index (χ0v) is 9.22. The van der Waals surface area contributed by atoms with E-state index in [0.29, 0.717) is 5.92 Å². The Balaban J connectivity index is 2.06. The molecule has 0 radical (unpaired) electrons. The van der Waals surface area contributed by atoms with Crippen LogP contribution in [0.25, 0.3) is 0 Å². The van der Waals surface area contributed by atoms with E-state index in [0.717, 1.165) is 38.2 Å². The lowest BCUT2D eigenvalue weighted by Crippen LogP contribution is -2.36. The van der Waals surface area contributed by atoms with E-state index in [4.69, 9.17) is 5.11 Å². The zero-order chi connectivity index (χ0) is 11.4. The summed E-state index contributed by atoms with van der Waals surface area (Å²) < 4.78 is 0. The van der Waals surface area contributed by atoms with Crippen molar-refractivity contribution in [1.82, 2.24) is 9.97 Å². The molecule has 1 saturated heterocycles. The topological polar surface area (TPSA) is 69.2 Å². The van der Waals surface area contributed by atoms with Crippen molar-refractivity contribution in [2.24, 2.45) is 5.92 Å². The molecule has 1 atom stereocenters. The number of aliphatic hydroxyl groups excluding tert-OH is 1. The first kappa shape index (κ1) is 11.1. The first-order valence-electron chi connectivity index (χ1n) is 5.70. The predicted octanol–water partition coefficient (Wildman–Crippen LogP) is 0.369.